The fraction of sp³-hybridized carbons (Fsp3) is 0.125. The molecule has 0 atom stereocenters. The summed E-state index contributed by atoms with van der Waals surface area (Å²) < 4.78 is 4.93. The molecule has 0 amide bonds. The normalized spacial score (nSPS) is 8.73. The topological polar surface area (TPSA) is 33.0 Å². The highest BCUT2D eigenvalue weighted by Gasteiger charge is 1.93. The quantitative estimate of drug-likeness (QED) is 0.674. The van der Waals surface area contributed by atoms with E-state index in [9.17, 15) is 0 Å². The molecule has 11 heavy (non-hydrogen) atoms. The second-order valence-electron chi connectivity index (χ2n) is 1.81. The van der Waals surface area contributed by atoms with E-state index < -0.39 is 0 Å². The lowest BCUT2D eigenvalue weighted by Gasteiger charge is -1.98. The lowest BCUT2D eigenvalue weighted by atomic mass is 10.3. The third-order valence-corrected chi connectivity index (χ3v) is 1.25. The highest BCUT2D eigenvalue weighted by Crippen LogP contribution is 2.15. The Morgan fingerprint density at radius 2 is 2.45 bits per heavy atom. The van der Waals surface area contributed by atoms with Crippen molar-refractivity contribution < 1.29 is 4.74 Å². The molecular weight excluding hydrogens is 162 g/mol. The molecule has 0 aromatic heterocycles. The third-order valence-electron chi connectivity index (χ3n) is 1.02. The van der Waals surface area contributed by atoms with E-state index in [0.717, 1.165) is 0 Å². The Bertz CT molecular complexity index is 280. The summed E-state index contributed by atoms with van der Waals surface area (Å²) in [7, 11) is 0. The van der Waals surface area contributed by atoms with Crippen LogP contribution in [0.2, 0.25) is 5.02 Å². The first kappa shape index (κ1) is 7.90. The molecule has 2 nitrogen and oxygen atoms in total. The Morgan fingerprint density at radius 3 is 3.09 bits per heavy atom. The van der Waals surface area contributed by atoms with Gasteiger partial charge in [0.25, 0.3) is 0 Å². The minimum Gasteiger partial charge on any atom is -0.478 e. The van der Waals surface area contributed by atoms with Crippen LogP contribution < -0.4 is 4.74 Å². The van der Waals surface area contributed by atoms with E-state index in [4.69, 9.17) is 21.6 Å². The van der Waals surface area contributed by atoms with Crippen LogP contribution in [0, 0.1) is 17.4 Å². The molecule has 0 aliphatic heterocycles. The van der Waals surface area contributed by atoms with Gasteiger partial charge in [-0.3, -0.25) is 0 Å². The van der Waals surface area contributed by atoms with Crippen molar-refractivity contribution in [2.75, 3.05) is 6.61 Å². The van der Waals surface area contributed by atoms with Crippen LogP contribution in [0.1, 0.15) is 0 Å². The Kier molecular flexibility index (Phi) is 2.76. The molecule has 0 saturated heterocycles. The summed E-state index contributed by atoms with van der Waals surface area (Å²) in [6.45, 7) is 0.0246. The molecule has 1 radical (unpaired) electrons. The van der Waals surface area contributed by atoms with Crippen LogP contribution >= 0.6 is 11.6 Å². The van der Waals surface area contributed by atoms with Gasteiger partial charge in [0, 0.05) is 6.07 Å². The molecular formula is C8H5ClNO. The fourth-order valence-corrected chi connectivity index (χ4v) is 0.781. The van der Waals surface area contributed by atoms with Crippen LogP contribution in [0.4, 0.5) is 0 Å². The van der Waals surface area contributed by atoms with Gasteiger partial charge in [-0.15, -0.1) is 0 Å². The summed E-state index contributed by atoms with van der Waals surface area (Å²) in [4.78, 5) is 0. The van der Waals surface area contributed by atoms with Gasteiger partial charge in [-0.05, 0) is 12.1 Å². The Morgan fingerprint density at radius 1 is 1.64 bits per heavy atom. The van der Waals surface area contributed by atoms with Gasteiger partial charge in [-0.2, -0.15) is 5.26 Å². The monoisotopic (exact) mass is 166 g/mol. The van der Waals surface area contributed by atoms with Gasteiger partial charge < -0.3 is 4.74 Å². The summed E-state index contributed by atoms with van der Waals surface area (Å²) in [6.07, 6.45) is 0. The summed E-state index contributed by atoms with van der Waals surface area (Å²) in [6, 6.07) is 9.72. The second kappa shape index (κ2) is 3.85. The number of hydrogen-bond acceptors (Lipinski definition) is 2. The molecule has 0 bridgehead atoms. The maximum absolute atomic E-state index is 8.17. The van der Waals surface area contributed by atoms with Crippen LogP contribution in [0.3, 0.4) is 0 Å². The molecule has 1 aromatic carbocycles. The van der Waals surface area contributed by atoms with Gasteiger partial charge in [-0.1, -0.05) is 17.7 Å². The average Bonchev–Trinajstić information content (AvgIpc) is 2.01. The van der Waals surface area contributed by atoms with Crippen molar-refractivity contribution in [3.63, 3.8) is 0 Å². The minimum absolute atomic E-state index is 0.0246. The molecule has 1 rings (SSSR count). The molecule has 0 unspecified atom stereocenters. The fourth-order valence-electron chi connectivity index (χ4n) is 0.615. The first-order valence-electron chi connectivity index (χ1n) is 3.00. The van der Waals surface area contributed by atoms with Gasteiger partial charge in [0.05, 0.1) is 5.02 Å². The zero-order chi connectivity index (χ0) is 8.10. The first-order chi connectivity index (χ1) is 5.33. The van der Waals surface area contributed by atoms with E-state index in [2.05, 4.69) is 6.07 Å². The van der Waals surface area contributed by atoms with Crippen LogP contribution in [-0.4, -0.2) is 6.61 Å². The molecule has 3 heteroatoms. The summed E-state index contributed by atoms with van der Waals surface area (Å²) in [5, 5.41) is 8.66. The van der Waals surface area contributed by atoms with Crippen molar-refractivity contribution in [3.8, 4) is 11.8 Å². The number of hydrogen-bond donors (Lipinski definition) is 0. The molecule has 0 saturated carbocycles. The van der Waals surface area contributed by atoms with E-state index >= 15 is 0 Å². The maximum Gasteiger partial charge on any atom is 0.174 e. The predicted octanol–water partition coefficient (Wildman–Crippen LogP) is 2.04. The highest BCUT2D eigenvalue weighted by molar-refractivity contribution is 6.30. The van der Waals surface area contributed by atoms with E-state index in [1.54, 1.807) is 18.2 Å². The van der Waals surface area contributed by atoms with E-state index in [-0.39, 0.29) is 6.61 Å². The lowest BCUT2D eigenvalue weighted by Crippen LogP contribution is -1.92. The van der Waals surface area contributed by atoms with Crippen molar-refractivity contribution >= 4 is 11.6 Å². The van der Waals surface area contributed by atoms with Gasteiger partial charge in [0.1, 0.15) is 11.8 Å². The summed E-state index contributed by atoms with van der Waals surface area (Å²) in [5.74, 6) is 0.499. The summed E-state index contributed by atoms with van der Waals surface area (Å²) >= 11 is 5.61. The van der Waals surface area contributed by atoms with Gasteiger partial charge in [-0.25, -0.2) is 0 Å². The van der Waals surface area contributed by atoms with E-state index in [1.165, 1.54) is 0 Å². The van der Waals surface area contributed by atoms with E-state index in [0.29, 0.717) is 10.8 Å². The average molecular weight is 167 g/mol. The number of nitrogens with zero attached hydrogens (tertiary/aromatic N) is 1. The third kappa shape index (κ3) is 2.48. The van der Waals surface area contributed by atoms with Gasteiger partial charge in [0.15, 0.2) is 6.61 Å². The van der Waals surface area contributed by atoms with Crippen molar-refractivity contribution in [1.29, 1.82) is 5.26 Å². The van der Waals surface area contributed by atoms with Crippen LogP contribution in [-0.2, 0) is 0 Å². The zero-order valence-electron chi connectivity index (χ0n) is 5.67. The summed E-state index contributed by atoms with van der Waals surface area (Å²) in [5.41, 5.74) is 0. The number of nitriles is 1. The molecule has 0 fully saturated rings. The standard InChI is InChI=1S/C8H5ClNO/c9-7-2-1-3-8(6-7)11-5-4-10/h1-3H,5H2. The second-order valence-corrected chi connectivity index (χ2v) is 2.22. The van der Waals surface area contributed by atoms with Crippen molar-refractivity contribution in [2.45, 2.75) is 0 Å². The number of benzene rings is 1. The van der Waals surface area contributed by atoms with Crippen LogP contribution in [0.15, 0.2) is 18.2 Å². The first-order valence-corrected chi connectivity index (χ1v) is 3.38. The van der Waals surface area contributed by atoms with Crippen molar-refractivity contribution in [3.05, 3.63) is 29.3 Å². The molecule has 0 aliphatic rings. The zero-order valence-corrected chi connectivity index (χ0v) is 6.43. The largest absolute Gasteiger partial charge is 0.478 e. The Balaban J connectivity index is 2.65. The smallest absolute Gasteiger partial charge is 0.174 e. The van der Waals surface area contributed by atoms with Crippen molar-refractivity contribution in [2.24, 2.45) is 0 Å². The van der Waals surface area contributed by atoms with Crippen molar-refractivity contribution in [1.82, 2.24) is 0 Å². The van der Waals surface area contributed by atoms with Gasteiger partial charge in [0.2, 0.25) is 0 Å². The number of halogens is 1. The van der Waals surface area contributed by atoms with Crippen LogP contribution in [0.5, 0.6) is 5.75 Å². The SMILES string of the molecule is N#CCOc1[c]c(Cl)ccc1. The highest BCUT2D eigenvalue weighted by atomic mass is 35.5. The number of rotatable bonds is 2. The van der Waals surface area contributed by atoms with E-state index in [1.807, 2.05) is 6.07 Å². The number of ether oxygens (including phenoxy) is 1. The molecule has 55 valence electrons. The molecule has 0 spiro atoms. The molecule has 0 N–H and O–H groups in total. The van der Waals surface area contributed by atoms with Crippen LogP contribution in [0.25, 0.3) is 0 Å². The predicted molar refractivity (Wildman–Crippen MR) is 41.4 cm³/mol. The van der Waals surface area contributed by atoms with Gasteiger partial charge >= 0.3 is 0 Å². The Hall–Kier alpha value is -1.20. The molecule has 0 heterocycles. The lowest BCUT2D eigenvalue weighted by molar-refractivity contribution is 0.367. The Labute approximate surface area is 70.0 Å². The molecule has 1 aromatic rings. The maximum atomic E-state index is 8.17. The minimum atomic E-state index is 0.0246. The molecule has 0 aliphatic carbocycles.